The van der Waals surface area contributed by atoms with Gasteiger partial charge in [-0.1, -0.05) is 0 Å². The Morgan fingerprint density at radius 1 is 1.30 bits per heavy atom. The molecule has 0 saturated carbocycles. The van der Waals surface area contributed by atoms with E-state index in [2.05, 4.69) is 15.3 Å². The van der Waals surface area contributed by atoms with E-state index in [0.717, 1.165) is 6.33 Å². The van der Waals surface area contributed by atoms with Gasteiger partial charge in [0.05, 0.1) is 17.6 Å². The van der Waals surface area contributed by atoms with Crippen molar-refractivity contribution in [1.29, 1.82) is 0 Å². The molecule has 0 saturated heterocycles. The third-order valence-corrected chi connectivity index (χ3v) is 3.34. The fraction of sp³-hybridized carbons (Fsp3) is 0.0909. The third-order valence-electron chi connectivity index (χ3n) is 2.34. The maximum absolute atomic E-state index is 13.5. The highest BCUT2D eigenvalue weighted by molar-refractivity contribution is 14.1. The average Bonchev–Trinajstić information content (AvgIpc) is 2.36. The van der Waals surface area contributed by atoms with Gasteiger partial charge < -0.3 is 10.3 Å². The number of benzene rings is 1. The SMILES string of the molecule is O=c1[nH]cnc(Nc2cc(C(F)(F)F)ccc2F)c1I. The molecule has 106 valence electrons. The van der Waals surface area contributed by atoms with E-state index >= 15 is 0 Å². The molecule has 20 heavy (non-hydrogen) atoms. The number of H-pyrrole nitrogens is 1. The Balaban J connectivity index is 2.43. The lowest BCUT2D eigenvalue weighted by molar-refractivity contribution is -0.137. The van der Waals surface area contributed by atoms with Crippen LogP contribution in [0.15, 0.2) is 29.3 Å². The molecule has 0 atom stereocenters. The predicted octanol–water partition coefficient (Wildman–Crippen LogP) is 3.28. The summed E-state index contributed by atoms with van der Waals surface area (Å²) in [6.45, 7) is 0. The minimum atomic E-state index is -4.58. The standard InChI is InChI=1S/C11H6F4IN3O/c12-6-2-1-5(11(13,14)15)3-7(6)19-9-8(16)10(20)18-4-17-9/h1-4H,(H2,17,18,19,20). The molecule has 1 heterocycles. The molecular formula is C11H6F4IN3O. The molecule has 2 N–H and O–H groups in total. The number of nitrogens with zero attached hydrogens (tertiary/aromatic N) is 1. The van der Waals surface area contributed by atoms with Crippen LogP contribution in [0.3, 0.4) is 0 Å². The van der Waals surface area contributed by atoms with Gasteiger partial charge in [-0.2, -0.15) is 13.2 Å². The molecule has 0 aliphatic carbocycles. The molecule has 4 nitrogen and oxygen atoms in total. The van der Waals surface area contributed by atoms with Crippen LogP contribution >= 0.6 is 22.6 Å². The molecule has 0 aliphatic heterocycles. The average molecular weight is 399 g/mol. The van der Waals surface area contributed by atoms with Crippen molar-refractivity contribution in [3.8, 4) is 0 Å². The fourth-order valence-corrected chi connectivity index (χ4v) is 1.82. The van der Waals surface area contributed by atoms with E-state index in [1.165, 1.54) is 0 Å². The Labute approximate surface area is 123 Å². The summed E-state index contributed by atoms with van der Waals surface area (Å²) in [6.07, 6.45) is -3.52. The van der Waals surface area contributed by atoms with Crippen LogP contribution < -0.4 is 10.9 Å². The summed E-state index contributed by atoms with van der Waals surface area (Å²) in [5, 5.41) is 2.38. The van der Waals surface area contributed by atoms with Crippen LogP contribution in [0.25, 0.3) is 0 Å². The first kappa shape index (κ1) is 14.8. The maximum atomic E-state index is 13.5. The molecule has 2 aromatic rings. The monoisotopic (exact) mass is 399 g/mol. The number of nitrogens with one attached hydrogen (secondary N) is 2. The van der Waals surface area contributed by atoms with Gasteiger partial charge in [0.1, 0.15) is 9.39 Å². The first-order chi connectivity index (χ1) is 9.29. The van der Waals surface area contributed by atoms with Gasteiger partial charge in [0.25, 0.3) is 5.56 Å². The van der Waals surface area contributed by atoms with E-state index in [1.54, 1.807) is 22.6 Å². The van der Waals surface area contributed by atoms with Gasteiger partial charge in [0.15, 0.2) is 5.82 Å². The van der Waals surface area contributed by atoms with Gasteiger partial charge >= 0.3 is 6.18 Å². The molecule has 0 aliphatic rings. The van der Waals surface area contributed by atoms with Gasteiger partial charge in [-0.3, -0.25) is 4.79 Å². The number of aromatic amines is 1. The lowest BCUT2D eigenvalue weighted by Crippen LogP contribution is -2.13. The summed E-state index contributed by atoms with van der Waals surface area (Å²) in [5.74, 6) is -0.900. The second kappa shape index (κ2) is 5.38. The van der Waals surface area contributed by atoms with E-state index in [0.29, 0.717) is 18.2 Å². The molecule has 9 heteroatoms. The predicted molar refractivity (Wildman–Crippen MR) is 72.3 cm³/mol. The molecule has 0 spiro atoms. The Morgan fingerprint density at radius 3 is 2.65 bits per heavy atom. The van der Waals surface area contributed by atoms with Crippen LogP contribution in [-0.4, -0.2) is 9.97 Å². The molecular weight excluding hydrogens is 393 g/mol. The van der Waals surface area contributed by atoms with Crippen LogP contribution in [0.4, 0.5) is 29.1 Å². The minimum Gasteiger partial charge on any atom is -0.337 e. The smallest absolute Gasteiger partial charge is 0.337 e. The van der Waals surface area contributed by atoms with E-state index in [-0.39, 0.29) is 9.39 Å². The number of hydrogen-bond donors (Lipinski definition) is 2. The zero-order valence-electron chi connectivity index (χ0n) is 9.55. The Kier molecular flexibility index (Phi) is 3.97. The summed E-state index contributed by atoms with van der Waals surface area (Å²) < 4.78 is 51.3. The van der Waals surface area contributed by atoms with Gasteiger partial charge in [0, 0.05) is 0 Å². The number of anilines is 2. The fourth-order valence-electron chi connectivity index (χ4n) is 1.40. The van der Waals surface area contributed by atoms with Crippen LogP contribution in [0.1, 0.15) is 5.56 Å². The zero-order chi connectivity index (χ0) is 14.9. The second-order valence-corrected chi connectivity index (χ2v) is 4.79. The van der Waals surface area contributed by atoms with E-state index < -0.39 is 28.8 Å². The highest BCUT2D eigenvalue weighted by atomic mass is 127. The van der Waals surface area contributed by atoms with Crippen molar-refractivity contribution in [3.05, 3.63) is 49.8 Å². The lowest BCUT2D eigenvalue weighted by atomic mass is 10.2. The Morgan fingerprint density at radius 2 is 2.00 bits per heavy atom. The van der Waals surface area contributed by atoms with Crippen molar-refractivity contribution in [2.75, 3.05) is 5.32 Å². The summed E-state index contributed by atoms with van der Waals surface area (Å²) >= 11 is 1.65. The molecule has 0 radical (unpaired) electrons. The largest absolute Gasteiger partial charge is 0.416 e. The van der Waals surface area contributed by atoms with Crippen LogP contribution in [-0.2, 0) is 6.18 Å². The summed E-state index contributed by atoms with van der Waals surface area (Å²) in [5.41, 5.74) is -1.88. The van der Waals surface area contributed by atoms with Crippen molar-refractivity contribution < 1.29 is 17.6 Å². The normalized spacial score (nSPS) is 11.4. The minimum absolute atomic E-state index is 0.0208. The van der Waals surface area contributed by atoms with Gasteiger partial charge in [-0.15, -0.1) is 0 Å². The number of aromatic nitrogens is 2. The molecule has 0 fully saturated rings. The highest BCUT2D eigenvalue weighted by Crippen LogP contribution is 2.32. The topological polar surface area (TPSA) is 57.8 Å². The van der Waals surface area contributed by atoms with E-state index in [4.69, 9.17) is 0 Å². The van der Waals surface area contributed by atoms with Crippen molar-refractivity contribution in [3.63, 3.8) is 0 Å². The number of alkyl halides is 3. The summed E-state index contributed by atoms with van der Waals surface area (Å²) in [6, 6.07) is 1.95. The van der Waals surface area contributed by atoms with Gasteiger partial charge in [-0.25, -0.2) is 9.37 Å². The quantitative estimate of drug-likeness (QED) is 0.602. The molecule has 1 aromatic heterocycles. The van der Waals surface area contributed by atoms with Gasteiger partial charge in [-0.05, 0) is 40.8 Å². The maximum Gasteiger partial charge on any atom is 0.416 e. The molecule has 0 amide bonds. The highest BCUT2D eigenvalue weighted by Gasteiger charge is 2.31. The number of halogens is 5. The van der Waals surface area contributed by atoms with Crippen LogP contribution in [0, 0.1) is 9.39 Å². The molecule has 2 rings (SSSR count). The van der Waals surface area contributed by atoms with Crippen LogP contribution in [0.5, 0.6) is 0 Å². The third kappa shape index (κ3) is 3.08. The first-order valence-corrected chi connectivity index (χ1v) is 6.24. The van der Waals surface area contributed by atoms with Crippen molar-refractivity contribution >= 4 is 34.1 Å². The van der Waals surface area contributed by atoms with Gasteiger partial charge in [0.2, 0.25) is 0 Å². The van der Waals surface area contributed by atoms with E-state index in [1.807, 2.05) is 0 Å². The zero-order valence-corrected chi connectivity index (χ0v) is 11.7. The molecule has 1 aromatic carbocycles. The molecule has 0 bridgehead atoms. The summed E-state index contributed by atoms with van der Waals surface area (Å²) in [4.78, 5) is 17.4. The summed E-state index contributed by atoms with van der Waals surface area (Å²) in [7, 11) is 0. The number of hydrogen-bond acceptors (Lipinski definition) is 3. The number of rotatable bonds is 2. The van der Waals surface area contributed by atoms with Crippen molar-refractivity contribution in [2.45, 2.75) is 6.18 Å². The second-order valence-electron chi connectivity index (χ2n) is 3.71. The first-order valence-electron chi connectivity index (χ1n) is 5.16. The van der Waals surface area contributed by atoms with E-state index in [9.17, 15) is 22.4 Å². The van der Waals surface area contributed by atoms with Crippen molar-refractivity contribution in [2.24, 2.45) is 0 Å². The molecule has 0 unspecified atom stereocenters. The van der Waals surface area contributed by atoms with Crippen LogP contribution in [0.2, 0.25) is 0 Å². The van der Waals surface area contributed by atoms with Crippen molar-refractivity contribution in [1.82, 2.24) is 9.97 Å². The Hall–Kier alpha value is -1.65. The lowest BCUT2D eigenvalue weighted by Gasteiger charge is -2.11. The Bertz CT molecular complexity index is 699.